The molecule has 106 valence electrons. The molecule has 19 heavy (non-hydrogen) atoms. The van der Waals surface area contributed by atoms with Crippen molar-refractivity contribution in [3.8, 4) is 5.75 Å². The first-order chi connectivity index (χ1) is 8.84. The first-order valence-corrected chi connectivity index (χ1v) is 6.68. The molecule has 0 aliphatic carbocycles. The van der Waals surface area contributed by atoms with E-state index in [9.17, 15) is 18.5 Å². The van der Waals surface area contributed by atoms with E-state index in [1.54, 1.807) is 0 Å². The maximum absolute atomic E-state index is 12.1. The summed E-state index contributed by atoms with van der Waals surface area (Å²) in [5.74, 6) is 0.190. The third-order valence-corrected chi connectivity index (χ3v) is 4.37. The highest BCUT2D eigenvalue weighted by atomic mass is 32.2. The third kappa shape index (κ3) is 3.19. The number of methoxy groups -OCH3 is 1. The predicted octanol–water partition coefficient (Wildman–Crippen LogP) is 0.216. The SMILES string of the molecule is COc1ccc(S(=O)(=O)N(C)CCO)c([N+](=O)[O-])c1. The number of aliphatic hydroxyl groups excluding tert-OH is 1. The van der Waals surface area contributed by atoms with E-state index >= 15 is 0 Å². The number of nitrogens with zero attached hydrogens (tertiary/aromatic N) is 2. The Balaban J connectivity index is 3.38. The van der Waals surface area contributed by atoms with Crippen LogP contribution in [0, 0.1) is 10.1 Å². The fraction of sp³-hybridized carbons (Fsp3) is 0.400. The van der Waals surface area contributed by atoms with E-state index in [1.807, 2.05) is 0 Å². The molecule has 0 aliphatic rings. The van der Waals surface area contributed by atoms with Crippen molar-refractivity contribution in [1.82, 2.24) is 4.31 Å². The number of nitro groups is 1. The topological polar surface area (TPSA) is 110 Å². The van der Waals surface area contributed by atoms with Crippen LogP contribution in [0.25, 0.3) is 0 Å². The molecule has 0 unspecified atom stereocenters. The molecule has 0 amide bonds. The fourth-order valence-electron chi connectivity index (χ4n) is 1.41. The summed E-state index contributed by atoms with van der Waals surface area (Å²) in [7, 11) is -1.47. The summed E-state index contributed by atoms with van der Waals surface area (Å²) < 4.78 is 29.9. The molecule has 0 spiro atoms. The van der Waals surface area contributed by atoms with Crippen molar-refractivity contribution in [3.05, 3.63) is 28.3 Å². The second-order valence-corrected chi connectivity index (χ2v) is 5.65. The number of rotatable bonds is 6. The lowest BCUT2D eigenvalue weighted by molar-refractivity contribution is -0.387. The van der Waals surface area contributed by atoms with Crippen LogP contribution in [-0.2, 0) is 10.0 Å². The minimum absolute atomic E-state index is 0.147. The van der Waals surface area contributed by atoms with Gasteiger partial charge in [0, 0.05) is 13.6 Å². The van der Waals surface area contributed by atoms with Crippen molar-refractivity contribution in [2.24, 2.45) is 0 Å². The average Bonchev–Trinajstić information content (AvgIpc) is 2.38. The number of ether oxygens (including phenoxy) is 1. The lowest BCUT2D eigenvalue weighted by Crippen LogP contribution is -2.30. The maximum Gasteiger partial charge on any atom is 0.293 e. The van der Waals surface area contributed by atoms with Gasteiger partial charge in [-0.3, -0.25) is 10.1 Å². The van der Waals surface area contributed by atoms with E-state index in [0.29, 0.717) is 0 Å². The van der Waals surface area contributed by atoms with Gasteiger partial charge in [-0.2, -0.15) is 4.31 Å². The van der Waals surface area contributed by atoms with E-state index in [1.165, 1.54) is 20.2 Å². The Labute approximate surface area is 110 Å². The average molecular weight is 290 g/mol. The summed E-state index contributed by atoms with van der Waals surface area (Å²) in [5, 5.41) is 19.7. The Bertz CT molecular complexity index is 571. The van der Waals surface area contributed by atoms with Gasteiger partial charge < -0.3 is 9.84 Å². The van der Waals surface area contributed by atoms with Crippen LogP contribution in [0.5, 0.6) is 5.75 Å². The van der Waals surface area contributed by atoms with Gasteiger partial charge in [0.25, 0.3) is 5.69 Å². The molecular formula is C10H14N2O6S. The largest absolute Gasteiger partial charge is 0.497 e. The Morgan fingerprint density at radius 1 is 1.47 bits per heavy atom. The second-order valence-electron chi connectivity index (χ2n) is 3.64. The Kier molecular flexibility index (Phi) is 4.81. The number of sulfonamides is 1. The summed E-state index contributed by atoms with van der Waals surface area (Å²) in [6, 6.07) is 3.48. The molecule has 0 heterocycles. The maximum atomic E-state index is 12.1. The van der Waals surface area contributed by atoms with Crippen LogP contribution in [0.4, 0.5) is 5.69 Å². The molecule has 1 aromatic rings. The van der Waals surface area contributed by atoms with Crippen molar-refractivity contribution in [2.75, 3.05) is 27.3 Å². The normalized spacial score (nSPS) is 11.6. The zero-order chi connectivity index (χ0) is 14.6. The van der Waals surface area contributed by atoms with E-state index < -0.39 is 25.5 Å². The summed E-state index contributed by atoms with van der Waals surface area (Å²) in [4.78, 5) is 9.71. The van der Waals surface area contributed by atoms with E-state index in [-0.39, 0.29) is 18.9 Å². The highest BCUT2D eigenvalue weighted by molar-refractivity contribution is 7.89. The van der Waals surface area contributed by atoms with Crippen LogP contribution in [-0.4, -0.2) is 50.1 Å². The van der Waals surface area contributed by atoms with Crippen LogP contribution in [0.3, 0.4) is 0 Å². The molecule has 9 heteroatoms. The van der Waals surface area contributed by atoms with Crippen molar-refractivity contribution in [2.45, 2.75) is 4.90 Å². The lowest BCUT2D eigenvalue weighted by atomic mass is 10.3. The van der Waals surface area contributed by atoms with Gasteiger partial charge in [-0.05, 0) is 12.1 Å². The number of nitro benzene ring substituents is 1. The third-order valence-electron chi connectivity index (χ3n) is 2.47. The summed E-state index contributed by atoms with van der Waals surface area (Å²) in [6.07, 6.45) is 0. The first-order valence-electron chi connectivity index (χ1n) is 5.24. The highest BCUT2D eigenvalue weighted by Gasteiger charge is 2.29. The highest BCUT2D eigenvalue weighted by Crippen LogP contribution is 2.29. The van der Waals surface area contributed by atoms with Crippen LogP contribution < -0.4 is 4.74 Å². The fourth-order valence-corrected chi connectivity index (χ4v) is 2.71. The Morgan fingerprint density at radius 2 is 2.11 bits per heavy atom. The van der Waals surface area contributed by atoms with E-state index in [0.717, 1.165) is 16.4 Å². The van der Waals surface area contributed by atoms with Gasteiger partial charge in [0.2, 0.25) is 10.0 Å². The predicted molar refractivity (Wildman–Crippen MR) is 66.6 cm³/mol. The molecule has 0 radical (unpaired) electrons. The van der Waals surface area contributed by atoms with Crippen LogP contribution in [0.2, 0.25) is 0 Å². The van der Waals surface area contributed by atoms with Crippen LogP contribution in [0.15, 0.2) is 23.1 Å². The summed E-state index contributed by atoms with van der Waals surface area (Å²) >= 11 is 0. The molecular weight excluding hydrogens is 276 g/mol. The molecule has 8 nitrogen and oxygen atoms in total. The quantitative estimate of drug-likeness (QED) is 0.592. The minimum atomic E-state index is -4.03. The minimum Gasteiger partial charge on any atom is -0.497 e. The number of aliphatic hydroxyl groups is 1. The van der Waals surface area contributed by atoms with Crippen LogP contribution in [0.1, 0.15) is 0 Å². The number of hydrogen-bond donors (Lipinski definition) is 1. The Hall–Kier alpha value is -1.71. The van der Waals surface area contributed by atoms with Gasteiger partial charge in [-0.1, -0.05) is 0 Å². The van der Waals surface area contributed by atoms with Gasteiger partial charge in [0.05, 0.1) is 24.7 Å². The van der Waals surface area contributed by atoms with Crippen molar-refractivity contribution in [1.29, 1.82) is 0 Å². The van der Waals surface area contributed by atoms with Gasteiger partial charge in [-0.25, -0.2) is 8.42 Å². The molecule has 1 N–H and O–H groups in total. The standard InChI is InChI=1S/C10H14N2O6S/c1-11(5-6-13)19(16,17)10-4-3-8(18-2)7-9(10)12(14)15/h3-4,7,13H,5-6H2,1-2H3. The first kappa shape index (κ1) is 15.3. The lowest BCUT2D eigenvalue weighted by Gasteiger charge is -2.16. The van der Waals surface area contributed by atoms with Crippen LogP contribution >= 0.6 is 0 Å². The van der Waals surface area contributed by atoms with Gasteiger partial charge in [0.15, 0.2) is 4.90 Å². The molecule has 0 atom stereocenters. The summed E-state index contributed by atoms with van der Waals surface area (Å²) in [6.45, 7) is -0.523. The van der Waals surface area contributed by atoms with E-state index in [4.69, 9.17) is 9.84 Å². The molecule has 0 bridgehead atoms. The second kappa shape index (κ2) is 5.95. The van der Waals surface area contributed by atoms with Gasteiger partial charge in [-0.15, -0.1) is 0 Å². The molecule has 1 rings (SSSR count). The van der Waals surface area contributed by atoms with Crippen molar-refractivity contribution in [3.63, 3.8) is 0 Å². The smallest absolute Gasteiger partial charge is 0.293 e. The molecule has 0 aliphatic heterocycles. The van der Waals surface area contributed by atoms with Gasteiger partial charge in [0.1, 0.15) is 5.75 Å². The van der Waals surface area contributed by atoms with Crippen molar-refractivity contribution < 1.29 is 23.2 Å². The monoisotopic (exact) mass is 290 g/mol. The molecule has 1 aromatic carbocycles. The molecule has 0 saturated carbocycles. The Morgan fingerprint density at radius 3 is 2.58 bits per heavy atom. The van der Waals surface area contributed by atoms with E-state index in [2.05, 4.69) is 0 Å². The molecule has 0 saturated heterocycles. The molecule has 0 fully saturated rings. The number of hydrogen-bond acceptors (Lipinski definition) is 6. The number of benzene rings is 1. The molecule has 0 aromatic heterocycles. The summed E-state index contributed by atoms with van der Waals surface area (Å²) in [5.41, 5.74) is -0.566. The zero-order valence-corrected chi connectivity index (χ0v) is 11.3. The number of likely N-dealkylation sites (N-methyl/N-ethyl adjacent to an activating group) is 1. The zero-order valence-electron chi connectivity index (χ0n) is 10.4. The van der Waals surface area contributed by atoms with Gasteiger partial charge >= 0.3 is 0 Å². The van der Waals surface area contributed by atoms with Crippen molar-refractivity contribution >= 4 is 15.7 Å².